The van der Waals surface area contributed by atoms with Crippen LogP contribution in [0.15, 0.2) is 12.7 Å². The molecule has 1 heterocycles. The number of hydrogen-bond acceptors (Lipinski definition) is 5. The standard InChI is InChI=1S/C5H8O.C4H6O7S/c1-2-3-5-4-6-5;5-3(6)1-2(4(7)8)12(9,10)11/h2,5H,1,3-4H2;2H,1H2,(H,5,6)(H,7,8)(H,9,10,11). The van der Waals surface area contributed by atoms with Gasteiger partial charge >= 0.3 is 11.9 Å². The van der Waals surface area contributed by atoms with Gasteiger partial charge in [0.2, 0.25) is 0 Å². The third-order valence-electron chi connectivity index (χ3n) is 1.83. The molecule has 1 aliphatic heterocycles. The van der Waals surface area contributed by atoms with E-state index in [1.807, 2.05) is 6.08 Å². The van der Waals surface area contributed by atoms with E-state index in [2.05, 4.69) is 6.58 Å². The van der Waals surface area contributed by atoms with E-state index in [9.17, 15) is 18.0 Å². The quantitative estimate of drug-likeness (QED) is 0.344. The number of carbonyl (C=O) groups is 2. The molecule has 1 aliphatic rings. The van der Waals surface area contributed by atoms with Crippen molar-refractivity contribution in [2.45, 2.75) is 24.2 Å². The Labute approximate surface area is 104 Å². The third kappa shape index (κ3) is 7.76. The molecule has 2 atom stereocenters. The molecule has 0 radical (unpaired) electrons. The molecule has 3 N–H and O–H groups in total. The molecule has 0 aromatic rings. The van der Waals surface area contributed by atoms with Crippen LogP contribution in [0.1, 0.15) is 12.8 Å². The summed E-state index contributed by atoms with van der Waals surface area (Å²) < 4.78 is 33.5. The Hall–Kier alpha value is -1.45. The van der Waals surface area contributed by atoms with Crippen LogP contribution in [0.3, 0.4) is 0 Å². The summed E-state index contributed by atoms with van der Waals surface area (Å²) in [5, 5.41) is 13.9. The van der Waals surface area contributed by atoms with Gasteiger partial charge in [-0.25, -0.2) is 0 Å². The van der Waals surface area contributed by atoms with E-state index >= 15 is 0 Å². The van der Waals surface area contributed by atoms with E-state index in [1.165, 1.54) is 0 Å². The van der Waals surface area contributed by atoms with Crippen molar-refractivity contribution < 1.29 is 37.5 Å². The first-order valence-electron chi connectivity index (χ1n) is 4.81. The van der Waals surface area contributed by atoms with Crippen molar-refractivity contribution in [2.24, 2.45) is 0 Å². The van der Waals surface area contributed by atoms with Gasteiger partial charge in [-0.15, -0.1) is 6.58 Å². The van der Waals surface area contributed by atoms with Gasteiger partial charge in [0.25, 0.3) is 10.1 Å². The third-order valence-corrected chi connectivity index (χ3v) is 2.91. The predicted octanol–water partition coefficient (Wildman–Crippen LogP) is -0.237. The minimum atomic E-state index is -4.84. The van der Waals surface area contributed by atoms with Gasteiger partial charge in [-0.05, 0) is 6.42 Å². The smallest absolute Gasteiger partial charge is 0.325 e. The van der Waals surface area contributed by atoms with Crippen molar-refractivity contribution >= 4 is 22.1 Å². The molecule has 18 heavy (non-hydrogen) atoms. The van der Waals surface area contributed by atoms with Crippen LogP contribution in [0.25, 0.3) is 0 Å². The Morgan fingerprint density at radius 1 is 1.44 bits per heavy atom. The Morgan fingerprint density at radius 2 is 1.94 bits per heavy atom. The molecule has 0 saturated carbocycles. The van der Waals surface area contributed by atoms with Gasteiger partial charge in [0.1, 0.15) is 0 Å². The van der Waals surface area contributed by atoms with Crippen LogP contribution in [-0.4, -0.2) is 53.1 Å². The lowest BCUT2D eigenvalue weighted by molar-refractivity contribution is -0.143. The maximum absolute atomic E-state index is 10.2. The first kappa shape index (κ1) is 16.6. The zero-order chi connectivity index (χ0) is 14.3. The molecular formula is C9H14O8S. The number of ether oxygens (including phenoxy) is 1. The van der Waals surface area contributed by atoms with Gasteiger partial charge in [-0.1, -0.05) is 6.08 Å². The Morgan fingerprint density at radius 3 is 2.06 bits per heavy atom. The molecule has 0 spiro atoms. The van der Waals surface area contributed by atoms with Crippen LogP contribution < -0.4 is 0 Å². The maximum Gasteiger partial charge on any atom is 0.325 e. The molecule has 0 bridgehead atoms. The number of epoxide rings is 1. The van der Waals surface area contributed by atoms with Crippen LogP contribution >= 0.6 is 0 Å². The topological polar surface area (TPSA) is 142 Å². The average Bonchev–Trinajstić information content (AvgIpc) is 2.97. The molecule has 8 nitrogen and oxygen atoms in total. The molecule has 0 amide bonds. The molecule has 0 aromatic heterocycles. The van der Waals surface area contributed by atoms with Crippen LogP contribution in [0, 0.1) is 0 Å². The summed E-state index contributed by atoms with van der Waals surface area (Å²) in [6.45, 7) is 4.51. The monoisotopic (exact) mass is 282 g/mol. The molecule has 104 valence electrons. The van der Waals surface area contributed by atoms with E-state index < -0.39 is 33.7 Å². The molecule has 0 aromatic carbocycles. The van der Waals surface area contributed by atoms with Crippen molar-refractivity contribution in [1.82, 2.24) is 0 Å². The van der Waals surface area contributed by atoms with E-state index in [0.29, 0.717) is 6.10 Å². The minimum absolute atomic E-state index is 0.530. The van der Waals surface area contributed by atoms with Gasteiger partial charge in [-0.2, -0.15) is 8.42 Å². The summed E-state index contributed by atoms with van der Waals surface area (Å²) in [4.78, 5) is 20.0. The van der Waals surface area contributed by atoms with Gasteiger partial charge in [0.15, 0.2) is 5.25 Å². The van der Waals surface area contributed by atoms with Gasteiger partial charge < -0.3 is 14.9 Å². The van der Waals surface area contributed by atoms with E-state index in [4.69, 9.17) is 19.5 Å². The van der Waals surface area contributed by atoms with Crippen LogP contribution in [0.2, 0.25) is 0 Å². The Bertz CT molecular complexity index is 408. The molecule has 2 unspecified atom stereocenters. The van der Waals surface area contributed by atoms with Gasteiger partial charge in [0.05, 0.1) is 19.1 Å². The zero-order valence-electron chi connectivity index (χ0n) is 9.35. The van der Waals surface area contributed by atoms with Crippen LogP contribution in [-0.2, 0) is 24.4 Å². The van der Waals surface area contributed by atoms with E-state index in [1.54, 1.807) is 0 Å². The molecule has 9 heteroatoms. The van der Waals surface area contributed by atoms with E-state index in [-0.39, 0.29) is 0 Å². The lowest BCUT2D eigenvalue weighted by Crippen LogP contribution is -2.31. The predicted molar refractivity (Wildman–Crippen MR) is 59.8 cm³/mol. The summed E-state index contributed by atoms with van der Waals surface area (Å²) in [5.41, 5.74) is 0. The highest BCUT2D eigenvalue weighted by Crippen LogP contribution is 2.12. The first-order valence-corrected chi connectivity index (χ1v) is 6.32. The average molecular weight is 282 g/mol. The highest BCUT2D eigenvalue weighted by atomic mass is 32.2. The fourth-order valence-corrected chi connectivity index (χ4v) is 1.48. The van der Waals surface area contributed by atoms with E-state index in [0.717, 1.165) is 13.0 Å². The highest BCUT2D eigenvalue weighted by molar-refractivity contribution is 7.87. The maximum atomic E-state index is 10.2. The molecule has 1 fully saturated rings. The van der Waals surface area contributed by atoms with Gasteiger partial charge in [-0.3, -0.25) is 14.1 Å². The van der Waals surface area contributed by atoms with Gasteiger partial charge in [0, 0.05) is 0 Å². The molecule has 0 aliphatic carbocycles. The second kappa shape index (κ2) is 7.09. The largest absolute Gasteiger partial charge is 0.481 e. The Balaban J connectivity index is 0.000000397. The molecular weight excluding hydrogens is 268 g/mol. The van der Waals surface area contributed by atoms with Crippen molar-refractivity contribution in [3.05, 3.63) is 12.7 Å². The molecule has 1 saturated heterocycles. The number of rotatable bonds is 6. The lowest BCUT2D eigenvalue weighted by atomic mass is 10.3. The van der Waals surface area contributed by atoms with Crippen LogP contribution in [0.5, 0.6) is 0 Å². The van der Waals surface area contributed by atoms with Crippen molar-refractivity contribution in [3.63, 3.8) is 0 Å². The van der Waals surface area contributed by atoms with Crippen LogP contribution in [0.4, 0.5) is 0 Å². The summed E-state index contributed by atoms with van der Waals surface area (Å²) in [7, 11) is -4.84. The second-order valence-corrected chi connectivity index (χ2v) is 5.02. The fourth-order valence-electron chi connectivity index (χ4n) is 0.869. The first-order chi connectivity index (χ1) is 8.18. The molecule has 1 rings (SSSR count). The number of aliphatic carboxylic acids is 2. The summed E-state index contributed by atoms with van der Waals surface area (Å²) in [6, 6.07) is 0. The number of carboxylic acid groups (broad SMARTS) is 2. The highest BCUT2D eigenvalue weighted by Gasteiger charge is 2.33. The normalized spacial score (nSPS) is 19.1. The number of carboxylic acids is 2. The fraction of sp³-hybridized carbons (Fsp3) is 0.556. The minimum Gasteiger partial charge on any atom is -0.481 e. The lowest BCUT2D eigenvalue weighted by Gasteiger charge is -2.04. The van der Waals surface area contributed by atoms with Crippen molar-refractivity contribution in [1.29, 1.82) is 0 Å². The van der Waals surface area contributed by atoms with Crippen molar-refractivity contribution in [3.8, 4) is 0 Å². The SMILES string of the molecule is C=CCC1CO1.O=C(O)CC(C(=O)O)S(=O)(=O)O. The zero-order valence-corrected chi connectivity index (χ0v) is 10.2. The summed E-state index contributed by atoms with van der Waals surface area (Å²) >= 11 is 0. The Kier molecular flexibility index (Phi) is 6.52. The second-order valence-electron chi connectivity index (χ2n) is 3.42. The summed E-state index contributed by atoms with van der Waals surface area (Å²) in [6.07, 6.45) is 2.29. The summed E-state index contributed by atoms with van der Waals surface area (Å²) in [5.74, 6) is -3.50. The van der Waals surface area contributed by atoms with Crippen molar-refractivity contribution in [2.75, 3.05) is 6.61 Å². The number of hydrogen-bond donors (Lipinski definition) is 3.